The first-order valence-electron chi connectivity index (χ1n) is 8.15. The van der Waals surface area contributed by atoms with E-state index in [9.17, 15) is 18.0 Å². The number of hydrogen-bond acceptors (Lipinski definition) is 5. The second-order valence-corrected chi connectivity index (χ2v) is 8.58. The van der Waals surface area contributed by atoms with Crippen LogP contribution in [0, 0.1) is 0 Å². The van der Waals surface area contributed by atoms with Gasteiger partial charge in [0.25, 0.3) is 0 Å². The molecule has 26 heavy (non-hydrogen) atoms. The highest BCUT2D eigenvalue weighted by Gasteiger charge is 2.29. The number of halogens is 1. The van der Waals surface area contributed by atoms with Crippen LogP contribution >= 0.6 is 11.6 Å². The van der Waals surface area contributed by atoms with Crippen molar-refractivity contribution < 1.29 is 18.0 Å². The van der Waals surface area contributed by atoms with Crippen molar-refractivity contribution in [3.8, 4) is 0 Å². The lowest BCUT2D eigenvalue weighted by molar-refractivity contribution is -0.131. The second-order valence-electron chi connectivity index (χ2n) is 6.20. The molecule has 0 radical (unpaired) electrons. The third kappa shape index (κ3) is 5.41. The molecule has 1 aliphatic heterocycles. The number of sulfonamides is 1. The van der Waals surface area contributed by atoms with E-state index in [0.29, 0.717) is 31.2 Å². The minimum absolute atomic E-state index is 0.0467. The van der Waals surface area contributed by atoms with Crippen LogP contribution in [0.25, 0.3) is 0 Å². The highest BCUT2D eigenvalue weighted by molar-refractivity contribution is 7.89. The molecule has 0 aromatic heterocycles. The number of hydrogen-bond donors (Lipinski definition) is 1. The molecule has 2 amide bonds. The van der Waals surface area contributed by atoms with Crippen LogP contribution in [-0.2, 0) is 19.6 Å². The van der Waals surface area contributed by atoms with Gasteiger partial charge in [-0.1, -0.05) is 17.7 Å². The van der Waals surface area contributed by atoms with Gasteiger partial charge in [-0.2, -0.15) is 4.31 Å². The molecule has 1 saturated heterocycles. The largest absolute Gasteiger partial charge is 0.347 e. The van der Waals surface area contributed by atoms with Crippen LogP contribution in [0.3, 0.4) is 0 Å². The molecule has 0 aliphatic carbocycles. The number of likely N-dealkylation sites (N-methyl/N-ethyl adjacent to an activating group) is 1. The van der Waals surface area contributed by atoms with E-state index in [2.05, 4.69) is 5.32 Å². The molecule has 1 N–H and O–H groups in total. The number of nitrogens with one attached hydrogen (secondary N) is 1. The summed E-state index contributed by atoms with van der Waals surface area (Å²) in [6.07, 6.45) is 0. The number of piperazine rings is 1. The molecule has 2 rings (SSSR count). The number of carbonyl (C=O) groups is 2. The Bertz CT molecular complexity index is 761. The highest BCUT2D eigenvalue weighted by atomic mass is 35.5. The summed E-state index contributed by atoms with van der Waals surface area (Å²) in [5.74, 6) is -0.442. The summed E-state index contributed by atoms with van der Waals surface area (Å²) in [6, 6.07) is 6.17. The lowest BCUT2D eigenvalue weighted by atomic mass is 10.3. The Morgan fingerprint density at radius 2 is 1.85 bits per heavy atom. The average molecular weight is 403 g/mol. The quantitative estimate of drug-likeness (QED) is 0.714. The molecule has 8 nitrogen and oxygen atoms in total. The fourth-order valence-electron chi connectivity index (χ4n) is 2.50. The molecular weight excluding hydrogens is 380 g/mol. The maximum absolute atomic E-state index is 12.6. The normalized spacial score (nSPS) is 16.3. The van der Waals surface area contributed by atoms with E-state index in [4.69, 9.17) is 11.6 Å². The van der Waals surface area contributed by atoms with E-state index in [-0.39, 0.29) is 29.8 Å². The predicted octanol–water partition coefficient (Wildman–Crippen LogP) is -0.149. The van der Waals surface area contributed by atoms with Gasteiger partial charge >= 0.3 is 0 Å². The van der Waals surface area contributed by atoms with E-state index >= 15 is 0 Å². The Hall–Kier alpha value is -1.68. The summed E-state index contributed by atoms with van der Waals surface area (Å²) in [7, 11) is -0.358. The van der Waals surface area contributed by atoms with Crippen LogP contribution in [0.1, 0.15) is 0 Å². The zero-order chi connectivity index (χ0) is 19.3. The van der Waals surface area contributed by atoms with Crippen molar-refractivity contribution in [1.29, 1.82) is 0 Å². The van der Waals surface area contributed by atoms with Gasteiger partial charge in [0.15, 0.2) is 0 Å². The molecular formula is C16H23ClN4O4S. The van der Waals surface area contributed by atoms with Crippen molar-refractivity contribution in [1.82, 2.24) is 19.4 Å². The smallest absolute Gasteiger partial charge is 0.243 e. The van der Waals surface area contributed by atoms with E-state index in [1.807, 2.05) is 4.90 Å². The Morgan fingerprint density at radius 3 is 2.42 bits per heavy atom. The van der Waals surface area contributed by atoms with Gasteiger partial charge in [-0.15, -0.1) is 0 Å². The summed E-state index contributed by atoms with van der Waals surface area (Å²) in [4.78, 5) is 26.8. The Balaban J connectivity index is 1.85. The molecule has 1 aliphatic rings. The third-order valence-corrected chi connectivity index (χ3v) is 6.20. The zero-order valence-corrected chi connectivity index (χ0v) is 16.4. The zero-order valence-electron chi connectivity index (χ0n) is 14.8. The van der Waals surface area contributed by atoms with Crippen molar-refractivity contribution in [2.45, 2.75) is 4.90 Å². The predicted molar refractivity (Wildman–Crippen MR) is 98.4 cm³/mol. The molecule has 1 fully saturated rings. The standard InChI is InChI=1S/C16H23ClN4O4S/c1-19(2)16(23)11-18-15(22)12-20-6-8-21(9-7-20)26(24,25)14-5-3-4-13(17)10-14/h3-5,10H,6-9,11-12H2,1-2H3,(H,18,22). The fraction of sp³-hybridized carbons (Fsp3) is 0.500. The molecule has 1 heterocycles. The number of rotatable bonds is 6. The molecule has 0 saturated carbocycles. The number of benzene rings is 1. The minimum atomic E-state index is -3.60. The maximum Gasteiger partial charge on any atom is 0.243 e. The van der Waals surface area contributed by atoms with Gasteiger partial charge in [0.05, 0.1) is 18.0 Å². The lowest BCUT2D eigenvalue weighted by Gasteiger charge is -2.33. The van der Waals surface area contributed by atoms with Gasteiger partial charge in [0.2, 0.25) is 21.8 Å². The molecule has 0 atom stereocenters. The van der Waals surface area contributed by atoms with E-state index in [0.717, 1.165) is 0 Å². The first-order valence-corrected chi connectivity index (χ1v) is 9.97. The van der Waals surface area contributed by atoms with Gasteiger partial charge in [0, 0.05) is 45.3 Å². The number of amides is 2. The average Bonchev–Trinajstić information content (AvgIpc) is 2.60. The molecule has 0 bridgehead atoms. The monoisotopic (exact) mass is 402 g/mol. The summed E-state index contributed by atoms with van der Waals surface area (Å²) in [6.45, 7) is 1.54. The maximum atomic E-state index is 12.6. The summed E-state index contributed by atoms with van der Waals surface area (Å²) < 4.78 is 26.7. The first kappa shape index (κ1) is 20.6. The first-order chi connectivity index (χ1) is 12.2. The Morgan fingerprint density at radius 1 is 1.19 bits per heavy atom. The van der Waals surface area contributed by atoms with Gasteiger partial charge in [-0.05, 0) is 18.2 Å². The molecule has 10 heteroatoms. The fourth-order valence-corrected chi connectivity index (χ4v) is 4.22. The van der Waals surface area contributed by atoms with Gasteiger partial charge in [0.1, 0.15) is 0 Å². The molecule has 0 spiro atoms. The van der Waals surface area contributed by atoms with Crippen molar-refractivity contribution >= 4 is 33.4 Å². The SMILES string of the molecule is CN(C)C(=O)CNC(=O)CN1CCN(S(=O)(=O)c2cccc(Cl)c2)CC1. The van der Waals surface area contributed by atoms with Crippen molar-refractivity contribution in [2.75, 3.05) is 53.4 Å². The molecule has 1 aromatic carbocycles. The van der Waals surface area contributed by atoms with Crippen LogP contribution in [0.5, 0.6) is 0 Å². The van der Waals surface area contributed by atoms with Crippen LogP contribution in [0.15, 0.2) is 29.2 Å². The van der Waals surface area contributed by atoms with Crippen LogP contribution in [-0.4, -0.2) is 87.7 Å². The third-order valence-electron chi connectivity index (χ3n) is 4.07. The Labute approximate surface area is 158 Å². The molecule has 0 unspecified atom stereocenters. The van der Waals surface area contributed by atoms with Crippen molar-refractivity contribution in [2.24, 2.45) is 0 Å². The van der Waals surface area contributed by atoms with E-state index in [1.54, 1.807) is 26.2 Å². The Kier molecular flexibility index (Phi) is 6.99. The van der Waals surface area contributed by atoms with Gasteiger partial charge in [-0.25, -0.2) is 8.42 Å². The lowest BCUT2D eigenvalue weighted by Crippen LogP contribution is -2.51. The number of carbonyl (C=O) groups excluding carboxylic acids is 2. The number of nitrogens with zero attached hydrogens (tertiary/aromatic N) is 3. The van der Waals surface area contributed by atoms with Crippen molar-refractivity contribution in [3.63, 3.8) is 0 Å². The van der Waals surface area contributed by atoms with E-state index < -0.39 is 10.0 Å². The van der Waals surface area contributed by atoms with Gasteiger partial charge < -0.3 is 10.2 Å². The highest BCUT2D eigenvalue weighted by Crippen LogP contribution is 2.20. The second kappa shape index (κ2) is 8.81. The molecule has 144 valence electrons. The van der Waals surface area contributed by atoms with Crippen LogP contribution in [0.2, 0.25) is 5.02 Å². The summed E-state index contributed by atoms with van der Waals surface area (Å²) in [5.41, 5.74) is 0. The van der Waals surface area contributed by atoms with Crippen LogP contribution < -0.4 is 5.32 Å². The minimum Gasteiger partial charge on any atom is -0.347 e. The van der Waals surface area contributed by atoms with E-state index in [1.165, 1.54) is 21.3 Å². The summed E-state index contributed by atoms with van der Waals surface area (Å²) >= 11 is 5.88. The topological polar surface area (TPSA) is 90.0 Å². The molecule has 1 aromatic rings. The summed E-state index contributed by atoms with van der Waals surface area (Å²) in [5, 5.41) is 2.94. The van der Waals surface area contributed by atoms with Crippen LogP contribution in [0.4, 0.5) is 0 Å². The van der Waals surface area contributed by atoms with Gasteiger partial charge in [-0.3, -0.25) is 14.5 Å². The van der Waals surface area contributed by atoms with Crippen molar-refractivity contribution in [3.05, 3.63) is 29.3 Å².